The molecule has 0 atom stereocenters. The maximum atomic E-state index is 13.1. The first-order valence-corrected chi connectivity index (χ1v) is 5.56. The largest absolute Gasteiger partial charge is 0.481 e. The van der Waals surface area contributed by atoms with Gasteiger partial charge in [-0.05, 0) is 25.0 Å². The molecule has 1 aromatic rings. The van der Waals surface area contributed by atoms with E-state index in [2.05, 4.69) is 5.32 Å². The number of carboxylic acid groups (broad SMARTS) is 1. The fourth-order valence-corrected chi connectivity index (χ4v) is 1.43. The number of para-hydroxylation sites is 1. The minimum Gasteiger partial charge on any atom is -0.481 e. The molecule has 0 aliphatic heterocycles. The first-order chi connectivity index (χ1) is 8.52. The van der Waals surface area contributed by atoms with Crippen molar-refractivity contribution in [1.82, 2.24) is 5.32 Å². The third-order valence-corrected chi connectivity index (χ3v) is 2.40. The van der Waals surface area contributed by atoms with Gasteiger partial charge in [0.15, 0.2) is 0 Å². The van der Waals surface area contributed by atoms with E-state index in [-0.39, 0.29) is 17.7 Å². The number of nitrogens with one attached hydrogen (secondary N) is 1. The van der Waals surface area contributed by atoms with E-state index in [1.807, 2.05) is 0 Å². The number of benzene rings is 1. The van der Waals surface area contributed by atoms with E-state index in [1.165, 1.54) is 18.2 Å². The van der Waals surface area contributed by atoms with Gasteiger partial charge < -0.3 is 16.2 Å². The van der Waals surface area contributed by atoms with Gasteiger partial charge in [-0.2, -0.15) is 0 Å². The summed E-state index contributed by atoms with van der Waals surface area (Å²) in [5, 5.41) is 11.0. The lowest BCUT2D eigenvalue weighted by atomic mass is 10.1. The number of nitrogens with two attached hydrogens (primary N) is 1. The third-order valence-electron chi connectivity index (χ3n) is 2.40. The number of anilines is 1. The Morgan fingerprint density at radius 1 is 1.33 bits per heavy atom. The van der Waals surface area contributed by atoms with Crippen LogP contribution in [0.3, 0.4) is 0 Å². The van der Waals surface area contributed by atoms with Gasteiger partial charge in [-0.25, -0.2) is 4.39 Å². The van der Waals surface area contributed by atoms with Gasteiger partial charge in [-0.15, -0.1) is 0 Å². The van der Waals surface area contributed by atoms with E-state index >= 15 is 0 Å². The van der Waals surface area contributed by atoms with E-state index in [0.717, 1.165) is 0 Å². The number of nitrogen functional groups attached to an aromatic ring is 1. The summed E-state index contributed by atoms with van der Waals surface area (Å²) in [6, 6.07) is 4.02. The molecule has 0 fully saturated rings. The van der Waals surface area contributed by atoms with Gasteiger partial charge in [0.2, 0.25) is 0 Å². The maximum Gasteiger partial charge on any atom is 0.303 e. The smallest absolute Gasteiger partial charge is 0.303 e. The predicted octanol–water partition coefficient (Wildman–Crippen LogP) is 1.39. The molecule has 0 saturated heterocycles. The summed E-state index contributed by atoms with van der Waals surface area (Å²) in [7, 11) is 0. The van der Waals surface area contributed by atoms with Gasteiger partial charge >= 0.3 is 5.97 Å². The fraction of sp³-hybridized carbons (Fsp3) is 0.333. The van der Waals surface area contributed by atoms with Crippen molar-refractivity contribution in [3.05, 3.63) is 29.6 Å². The minimum atomic E-state index is -0.865. The summed E-state index contributed by atoms with van der Waals surface area (Å²) in [6.45, 7) is 0.335. The van der Waals surface area contributed by atoms with Gasteiger partial charge in [0.05, 0.1) is 11.3 Å². The molecule has 6 heteroatoms. The van der Waals surface area contributed by atoms with Crippen molar-refractivity contribution in [3.8, 4) is 0 Å². The Kier molecular flexibility index (Phi) is 5.10. The van der Waals surface area contributed by atoms with Crippen LogP contribution in [-0.4, -0.2) is 23.5 Å². The molecule has 1 aromatic carbocycles. The summed E-state index contributed by atoms with van der Waals surface area (Å²) in [6.07, 6.45) is 1.10. The Bertz CT molecular complexity index is 449. The molecular formula is C12H15FN2O3. The van der Waals surface area contributed by atoms with Crippen molar-refractivity contribution in [2.45, 2.75) is 19.3 Å². The molecule has 1 rings (SSSR count). The molecule has 0 bridgehead atoms. The molecule has 0 unspecified atom stereocenters. The number of rotatable bonds is 6. The molecule has 5 nitrogen and oxygen atoms in total. The zero-order chi connectivity index (χ0) is 13.5. The van der Waals surface area contributed by atoms with Gasteiger partial charge in [0.1, 0.15) is 5.82 Å². The Hall–Kier alpha value is -2.11. The van der Waals surface area contributed by atoms with Crippen molar-refractivity contribution < 1.29 is 19.1 Å². The lowest BCUT2D eigenvalue weighted by Gasteiger charge is -2.07. The van der Waals surface area contributed by atoms with Crippen molar-refractivity contribution in [3.63, 3.8) is 0 Å². The zero-order valence-electron chi connectivity index (χ0n) is 9.78. The molecule has 0 aromatic heterocycles. The second-order valence-corrected chi connectivity index (χ2v) is 3.81. The molecule has 0 aliphatic carbocycles. The van der Waals surface area contributed by atoms with Gasteiger partial charge in [0, 0.05) is 13.0 Å². The monoisotopic (exact) mass is 254 g/mol. The highest BCUT2D eigenvalue weighted by atomic mass is 19.1. The standard InChI is InChI=1S/C12H15FN2O3/c13-9-5-3-4-8(11(9)14)12(18)15-7-2-1-6-10(16)17/h3-5H,1-2,6-7,14H2,(H,15,18)(H,16,17). The summed E-state index contributed by atoms with van der Waals surface area (Å²) in [5.74, 6) is -1.95. The van der Waals surface area contributed by atoms with Gasteiger partial charge in [0.25, 0.3) is 5.91 Å². The van der Waals surface area contributed by atoms with E-state index in [1.54, 1.807) is 0 Å². The summed E-state index contributed by atoms with van der Waals surface area (Å²) in [4.78, 5) is 21.9. The van der Waals surface area contributed by atoms with Crippen molar-refractivity contribution in [1.29, 1.82) is 0 Å². The number of amides is 1. The van der Waals surface area contributed by atoms with Crippen molar-refractivity contribution >= 4 is 17.6 Å². The van der Waals surface area contributed by atoms with Gasteiger partial charge in [-0.3, -0.25) is 9.59 Å². The van der Waals surface area contributed by atoms with Crippen molar-refractivity contribution in [2.24, 2.45) is 0 Å². The maximum absolute atomic E-state index is 13.1. The number of carboxylic acids is 1. The molecule has 0 radical (unpaired) electrons. The molecule has 4 N–H and O–H groups in total. The van der Waals surface area contributed by atoms with Crippen LogP contribution < -0.4 is 11.1 Å². The number of hydrogen-bond donors (Lipinski definition) is 3. The highest BCUT2D eigenvalue weighted by Crippen LogP contribution is 2.15. The lowest BCUT2D eigenvalue weighted by molar-refractivity contribution is -0.137. The van der Waals surface area contributed by atoms with Crippen LogP contribution in [0.25, 0.3) is 0 Å². The fourth-order valence-electron chi connectivity index (χ4n) is 1.43. The number of halogens is 1. The highest BCUT2D eigenvalue weighted by molar-refractivity contribution is 5.99. The Balaban J connectivity index is 2.41. The van der Waals surface area contributed by atoms with Crippen LogP contribution in [0, 0.1) is 5.82 Å². The SMILES string of the molecule is Nc1c(F)cccc1C(=O)NCCCCC(=O)O. The van der Waals surface area contributed by atoms with E-state index in [4.69, 9.17) is 10.8 Å². The molecule has 1 amide bonds. The van der Waals surface area contributed by atoms with Crippen LogP contribution in [0.4, 0.5) is 10.1 Å². The number of hydrogen-bond acceptors (Lipinski definition) is 3. The van der Waals surface area contributed by atoms with Gasteiger partial charge in [-0.1, -0.05) is 6.07 Å². The van der Waals surface area contributed by atoms with Crippen LogP contribution >= 0.6 is 0 Å². The summed E-state index contributed by atoms with van der Waals surface area (Å²) >= 11 is 0. The highest BCUT2D eigenvalue weighted by Gasteiger charge is 2.11. The van der Waals surface area contributed by atoms with E-state index < -0.39 is 17.7 Å². The Morgan fingerprint density at radius 2 is 2.06 bits per heavy atom. The van der Waals surface area contributed by atoms with Crippen LogP contribution in [0.2, 0.25) is 0 Å². The summed E-state index contributed by atoms with van der Waals surface area (Å²) < 4.78 is 13.1. The second-order valence-electron chi connectivity index (χ2n) is 3.81. The first kappa shape index (κ1) is 14.0. The molecule has 0 aliphatic rings. The predicted molar refractivity (Wildman–Crippen MR) is 64.6 cm³/mol. The van der Waals surface area contributed by atoms with Crippen LogP contribution in [0.15, 0.2) is 18.2 Å². The Labute approximate surface area is 104 Å². The quantitative estimate of drug-likeness (QED) is 0.528. The average molecular weight is 254 g/mol. The first-order valence-electron chi connectivity index (χ1n) is 5.56. The van der Waals surface area contributed by atoms with Crippen molar-refractivity contribution in [2.75, 3.05) is 12.3 Å². The average Bonchev–Trinajstić information content (AvgIpc) is 2.31. The minimum absolute atomic E-state index is 0.0674. The molecule has 0 saturated carbocycles. The zero-order valence-corrected chi connectivity index (χ0v) is 9.78. The molecular weight excluding hydrogens is 239 g/mol. The number of carbonyl (C=O) groups is 2. The number of aliphatic carboxylic acids is 1. The Morgan fingerprint density at radius 3 is 2.72 bits per heavy atom. The molecule has 0 heterocycles. The molecule has 98 valence electrons. The topological polar surface area (TPSA) is 92.4 Å². The van der Waals surface area contributed by atoms with E-state index in [0.29, 0.717) is 19.4 Å². The summed E-state index contributed by atoms with van der Waals surface area (Å²) in [5.41, 5.74) is 5.35. The number of unbranched alkanes of at least 4 members (excludes halogenated alkanes) is 1. The van der Waals surface area contributed by atoms with Crippen LogP contribution in [0.5, 0.6) is 0 Å². The second kappa shape index (κ2) is 6.58. The normalized spacial score (nSPS) is 10.1. The van der Waals surface area contributed by atoms with E-state index in [9.17, 15) is 14.0 Å². The third kappa shape index (κ3) is 4.04. The molecule has 18 heavy (non-hydrogen) atoms. The van der Waals surface area contributed by atoms with Crippen LogP contribution in [-0.2, 0) is 4.79 Å². The molecule has 0 spiro atoms. The lowest BCUT2D eigenvalue weighted by Crippen LogP contribution is -2.25. The number of carbonyl (C=O) groups excluding carboxylic acids is 1. The van der Waals surface area contributed by atoms with Crippen LogP contribution in [0.1, 0.15) is 29.6 Å².